The van der Waals surface area contributed by atoms with E-state index in [1.54, 1.807) is 23.1 Å². The molecule has 166 valence electrons. The summed E-state index contributed by atoms with van der Waals surface area (Å²) in [5.41, 5.74) is 2.13. The predicted molar refractivity (Wildman–Crippen MR) is 129 cm³/mol. The van der Waals surface area contributed by atoms with E-state index >= 15 is 0 Å². The highest BCUT2D eigenvalue weighted by atomic mass is 35.5. The molecular weight excluding hydrogens is 448 g/mol. The molecule has 2 heterocycles. The van der Waals surface area contributed by atoms with Gasteiger partial charge in [-0.25, -0.2) is 9.89 Å². The van der Waals surface area contributed by atoms with Gasteiger partial charge in [-0.15, -0.1) is 0 Å². The van der Waals surface area contributed by atoms with Gasteiger partial charge in [0.25, 0.3) is 5.91 Å². The van der Waals surface area contributed by atoms with Crippen LogP contribution in [0.2, 0.25) is 5.02 Å². The van der Waals surface area contributed by atoms with E-state index in [0.717, 1.165) is 11.3 Å². The molecule has 2 aliphatic rings. The zero-order chi connectivity index (χ0) is 22.8. The number of halogens is 1. The number of nitrogens with one attached hydrogen (secondary N) is 1. The van der Waals surface area contributed by atoms with Crippen LogP contribution in [-0.4, -0.2) is 46.6 Å². The van der Waals surface area contributed by atoms with Crippen molar-refractivity contribution in [2.24, 2.45) is 15.9 Å². The number of nitrogens with zero attached hydrogens (tertiary/aromatic N) is 3. The number of thioether (sulfide) groups is 1. The predicted octanol–water partition coefficient (Wildman–Crippen LogP) is 4.73. The summed E-state index contributed by atoms with van der Waals surface area (Å²) >= 11 is 7.33. The number of carbonyl (C=O) groups excluding carboxylic acids is 2. The molecule has 2 aromatic carbocycles. The molecule has 7 nitrogen and oxygen atoms in total. The van der Waals surface area contributed by atoms with Crippen molar-refractivity contribution in [3.8, 4) is 5.75 Å². The molecule has 9 heteroatoms. The lowest BCUT2D eigenvalue weighted by Crippen LogP contribution is -2.41. The first-order chi connectivity index (χ1) is 15.4. The van der Waals surface area contributed by atoms with Gasteiger partial charge in [-0.05, 0) is 42.7 Å². The highest BCUT2D eigenvalue weighted by molar-refractivity contribution is 8.14. The Balaban J connectivity index is 1.51. The van der Waals surface area contributed by atoms with Gasteiger partial charge in [-0.1, -0.05) is 49.3 Å². The Kier molecular flexibility index (Phi) is 6.53. The van der Waals surface area contributed by atoms with Crippen LogP contribution in [0, 0.1) is 5.92 Å². The molecule has 0 aliphatic carbocycles. The quantitative estimate of drug-likeness (QED) is 0.661. The van der Waals surface area contributed by atoms with E-state index in [-0.39, 0.29) is 17.6 Å². The van der Waals surface area contributed by atoms with E-state index in [2.05, 4.69) is 24.2 Å². The van der Waals surface area contributed by atoms with Crippen LogP contribution in [-0.2, 0) is 9.59 Å². The Labute approximate surface area is 195 Å². The fourth-order valence-corrected chi connectivity index (χ4v) is 4.63. The maximum atomic E-state index is 13.1. The smallest absolute Gasteiger partial charge is 0.259 e. The fourth-order valence-electron chi connectivity index (χ4n) is 3.57. The molecule has 1 N–H and O–H groups in total. The first kappa shape index (κ1) is 22.4. The SMILES string of the molecule is COc1ccc(NC(=O)CSC2=Nc3ccccc3C3=NC(CC(C)C)C(=O)N23)cc1Cl. The van der Waals surface area contributed by atoms with Crippen molar-refractivity contribution >= 4 is 57.6 Å². The van der Waals surface area contributed by atoms with Gasteiger partial charge in [0.05, 0.1) is 23.6 Å². The van der Waals surface area contributed by atoms with Crippen molar-refractivity contribution in [2.75, 3.05) is 18.2 Å². The molecule has 1 unspecified atom stereocenters. The number of ether oxygens (including phenoxy) is 1. The molecule has 2 amide bonds. The van der Waals surface area contributed by atoms with E-state index in [0.29, 0.717) is 39.8 Å². The van der Waals surface area contributed by atoms with E-state index in [4.69, 9.17) is 21.3 Å². The third-order valence-corrected chi connectivity index (χ3v) is 6.24. The molecule has 0 spiro atoms. The van der Waals surface area contributed by atoms with Gasteiger partial charge in [0, 0.05) is 11.3 Å². The number of hydrogen-bond donors (Lipinski definition) is 1. The number of anilines is 1. The number of fused-ring (bicyclic) bond motifs is 3. The largest absolute Gasteiger partial charge is 0.495 e. The molecule has 0 aromatic heterocycles. The van der Waals surface area contributed by atoms with Crippen molar-refractivity contribution in [1.82, 2.24) is 4.90 Å². The summed E-state index contributed by atoms with van der Waals surface area (Å²) in [6.07, 6.45) is 0.664. The molecule has 0 saturated carbocycles. The maximum absolute atomic E-state index is 13.1. The normalized spacial score (nSPS) is 17.0. The van der Waals surface area contributed by atoms with Crippen molar-refractivity contribution in [1.29, 1.82) is 0 Å². The van der Waals surface area contributed by atoms with Gasteiger partial charge in [-0.3, -0.25) is 14.6 Å². The average Bonchev–Trinajstić information content (AvgIpc) is 3.08. The van der Waals surface area contributed by atoms with Crippen LogP contribution in [0.5, 0.6) is 5.75 Å². The molecule has 2 aliphatic heterocycles. The zero-order valence-corrected chi connectivity index (χ0v) is 19.5. The molecule has 0 saturated heterocycles. The summed E-state index contributed by atoms with van der Waals surface area (Å²) in [6, 6.07) is 12.2. The van der Waals surface area contributed by atoms with Crippen LogP contribution >= 0.6 is 23.4 Å². The van der Waals surface area contributed by atoms with Crippen LogP contribution in [0.1, 0.15) is 25.8 Å². The number of carbonyl (C=O) groups is 2. The number of rotatable bonds is 6. The summed E-state index contributed by atoms with van der Waals surface area (Å²) in [5.74, 6) is 1.22. The third-order valence-electron chi connectivity index (χ3n) is 5.01. The second-order valence-electron chi connectivity index (χ2n) is 7.87. The van der Waals surface area contributed by atoms with Crippen molar-refractivity contribution in [3.63, 3.8) is 0 Å². The van der Waals surface area contributed by atoms with Gasteiger partial charge >= 0.3 is 0 Å². The standard InChI is InChI=1S/C23H23ClN4O3S/c1-13(2)10-18-22(30)28-21(26-18)15-6-4-5-7-17(15)27-23(28)32-12-20(29)25-14-8-9-19(31-3)16(24)11-14/h4-9,11,13,18H,10,12H2,1-3H3,(H,25,29). The maximum Gasteiger partial charge on any atom is 0.259 e. The first-order valence-electron chi connectivity index (χ1n) is 10.2. The number of aliphatic imine (C=N–C) groups is 2. The highest BCUT2D eigenvalue weighted by Crippen LogP contribution is 2.34. The number of methoxy groups -OCH3 is 1. The summed E-state index contributed by atoms with van der Waals surface area (Å²) in [6.45, 7) is 4.14. The van der Waals surface area contributed by atoms with E-state index in [1.807, 2.05) is 24.3 Å². The molecular formula is C23H23ClN4O3S. The first-order valence-corrected chi connectivity index (χ1v) is 11.6. The summed E-state index contributed by atoms with van der Waals surface area (Å²) < 4.78 is 5.13. The zero-order valence-electron chi connectivity index (χ0n) is 18.0. The highest BCUT2D eigenvalue weighted by Gasteiger charge is 2.41. The number of benzene rings is 2. The second kappa shape index (κ2) is 9.34. The number of amides is 2. The molecule has 2 aromatic rings. The number of amidine groups is 2. The topological polar surface area (TPSA) is 83.4 Å². The molecule has 0 bridgehead atoms. The van der Waals surface area contributed by atoms with Crippen molar-refractivity contribution in [2.45, 2.75) is 26.3 Å². The minimum absolute atomic E-state index is 0.0799. The Morgan fingerprint density at radius 3 is 2.78 bits per heavy atom. The fraction of sp³-hybridized carbons (Fsp3) is 0.304. The van der Waals surface area contributed by atoms with Gasteiger partial charge < -0.3 is 10.1 Å². The molecule has 4 rings (SSSR count). The van der Waals surface area contributed by atoms with Crippen molar-refractivity contribution in [3.05, 3.63) is 53.1 Å². The molecule has 0 fully saturated rings. The van der Waals surface area contributed by atoms with Crippen molar-refractivity contribution < 1.29 is 14.3 Å². The number of hydrogen-bond acceptors (Lipinski definition) is 6. The van der Waals surface area contributed by atoms with Gasteiger partial charge in [0.1, 0.15) is 17.6 Å². The Hall–Kier alpha value is -2.84. The van der Waals surface area contributed by atoms with Crippen LogP contribution in [0.15, 0.2) is 52.4 Å². The lowest BCUT2D eigenvalue weighted by molar-refractivity contribution is -0.125. The monoisotopic (exact) mass is 470 g/mol. The molecule has 0 radical (unpaired) electrons. The van der Waals surface area contributed by atoms with Gasteiger partial charge in [0.15, 0.2) is 5.17 Å². The minimum Gasteiger partial charge on any atom is -0.495 e. The Morgan fingerprint density at radius 2 is 2.06 bits per heavy atom. The lowest BCUT2D eigenvalue weighted by Gasteiger charge is -2.25. The van der Waals surface area contributed by atoms with Gasteiger partial charge in [0.2, 0.25) is 5.91 Å². The van der Waals surface area contributed by atoms with E-state index in [9.17, 15) is 9.59 Å². The lowest BCUT2D eigenvalue weighted by atomic mass is 10.0. The summed E-state index contributed by atoms with van der Waals surface area (Å²) in [4.78, 5) is 36.6. The second-order valence-corrected chi connectivity index (χ2v) is 9.22. The minimum atomic E-state index is -0.433. The Morgan fingerprint density at radius 1 is 1.28 bits per heavy atom. The Bertz CT molecular complexity index is 1130. The van der Waals surface area contributed by atoms with Crippen LogP contribution in [0.4, 0.5) is 11.4 Å². The summed E-state index contributed by atoms with van der Waals surface area (Å²) in [5, 5.41) is 3.68. The van der Waals surface area contributed by atoms with Crippen LogP contribution in [0.3, 0.4) is 0 Å². The van der Waals surface area contributed by atoms with E-state index in [1.165, 1.54) is 18.9 Å². The van der Waals surface area contributed by atoms with Crippen LogP contribution in [0.25, 0.3) is 0 Å². The third kappa shape index (κ3) is 4.52. The average molecular weight is 471 g/mol. The van der Waals surface area contributed by atoms with E-state index < -0.39 is 6.04 Å². The summed E-state index contributed by atoms with van der Waals surface area (Å²) in [7, 11) is 1.53. The van der Waals surface area contributed by atoms with Gasteiger partial charge in [-0.2, -0.15) is 0 Å². The molecule has 1 atom stereocenters. The molecule has 32 heavy (non-hydrogen) atoms. The number of para-hydroxylation sites is 1. The van der Waals surface area contributed by atoms with Crippen LogP contribution < -0.4 is 10.1 Å².